The number of nitrogens with zero attached hydrogens (tertiary/aromatic N) is 2. The van der Waals surface area contributed by atoms with Crippen molar-refractivity contribution in [3.05, 3.63) is 52.4 Å². The van der Waals surface area contributed by atoms with Crippen molar-refractivity contribution in [2.75, 3.05) is 13.1 Å². The Bertz CT molecular complexity index is 706. The number of carbonyl (C=O) groups excluding carboxylic acids is 1. The fraction of sp³-hybridized carbons (Fsp3) is 0.312. The van der Waals surface area contributed by atoms with Crippen LogP contribution in [0.1, 0.15) is 23.7 Å². The lowest BCUT2D eigenvalue weighted by molar-refractivity contribution is 0.0788. The summed E-state index contributed by atoms with van der Waals surface area (Å²) in [5.74, 6) is 0.658. The SMILES string of the molecule is CC1CCN(C(=O)c2ccc(-c3cn[nH]c(=O)c3)cc2)C1. The van der Waals surface area contributed by atoms with E-state index in [-0.39, 0.29) is 11.5 Å². The highest BCUT2D eigenvalue weighted by Crippen LogP contribution is 2.21. The first-order valence-electron chi connectivity index (χ1n) is 7.08. The number of carbonyl (C=O) groups is 1. The third kappa shape index (κ3) is 2.86. The largest absolute Gasteiger partial charge is 0.338 e. The lowest BCUT2D eigenvalue weighted by Crippen LogP contribution is -2.28. The summed E-state index contributed by atoms with van der Waals surface area (Å²) >= 11 is 0. The minimum absolute atomic E-state index is 0.0786. The molecule has 1 aromatic carbocycles. The van der Waals surface area contributed by atoms with Gasteiger partial charge < -0.3 is 4.90 Å². The number of likely N-dealkylation sites (tertiary alicyclic amines) is 1. The Labute approximate surface area is 122 Å². The number of aromatic nitrogens is 2. The van der Waals surface area contributed by atoms with E-state index in [1.165, 1.54) is 6.07 Å². The van der Waals surface area contributed by atoms with Crippen LogP contribution in [0.3, 0.4) is 0 Å². The Hall–Kier alpha value is -2.43. The molecule has 1 N–H and O–H groups in total. The number of amides is 1. The Kier molecular flexibility index (Phi) is 3.56. The molecular formula is C16H17N3O2. The molecule has 0 spiro atoms. The smallest absolute Gasteiger partial charge is 0.264 e. The van der Waals surface area contributed by atoms with Crippen LogP contribution >= 0.6 is 0 Å². The average molecular weight is 283 g/mol. The molecule has 1 atom stereocenters. The molecular weight excluding hydrogens is 266 g/mol. The Morgan fingerprint density at radius 3 is 2.67 bits per heavy atom. The van der Waals surface area contributed by atoms with E-state index in [0.717, 1.165) is 30.6 Å². The minimum atomic E-state index is -0.237. The summed E-state index contributed by atoms with van der Waals surface area (Å²) in [6.45, 7) is 3.83. The van der Waals surface area contributed by atoms with Crippen molar-refractivity contribution < 1.29 is 4.79 Å². The minimum Gasteiger partial charge on any atom is -0.338 e. The van der Waals surface area contributed by atoms with Crippen molar-refractivity contribution in [3.8, 4) is 11.1 Å². The van der Waals surface area contributed by atoms with Crippen LogP contribution in [0.15, 0.2) is 41.3 Å². The molecule has 108 valence electrons. The lowest BCUT2D eigenvalue weighted by atomic mass is 10.1. The van der Waals surface area contributed by atoms with Gasteiger partial charge in [-0.3, -0.25) is 9.59 Å². The number of hydrogen-bond donors (Lipinski definition) is 1. The van der Waals surface area contributed by atoms with Gasteiger partial charge in [-0.15, -0.1) is 0 Å². The Morgan fingerprint density at radius 1 is 1.29 bits per heavy atom. The highest BCUT2D eigenvalue weighted by molar-refractivity contribution is 5.94. The van der Waals surface area contributed by atoms with E-state index < -0.39 is 0 Å². The molecule has 1 fully saturated rings. The molecule has 1 aromatic heterocycles. The van der Waals surface area contributed by atoms with Crippen LogP contribution in [0, 0.1) is 5.92 Å². The second-order valence-corrected chi connectivity index (χ2v) is 5.56. The predicted octanol–water partition coefficient (Wildman–Crippen LogP) is 1.92. The zero-order chi connectivity index (χ0) is 14.8. The maximum atomic E-state index is 12.4. The zero-order valence-corrected chi connectivity index (χ0v) is 11.9. The maximum absolute atomic E-state index is 12.4. The van der Waals surface area contributed by atoms with Crippen LogP contribution in [0.4, 0.5) is 0 Å². The topological polar surface area (TPSA) is 66.1 Å². The summed E-state index contributed by atoms with van der Waals surface area (Å²) in [4.78, 5) is 25.5. The van der Waals surface area contributed by atoms with Gasteiger partial charge in [-0.1, -0.05) is 19.1 Å². The number of benzene rings is 1. The van der Waals surface area contributed by atoms with Gasteiger partial charge in [-0.05, 0) is 30.0 Å². The van der Waals surface area contributed by atoms with Crippen LogP contribution < -0.4 is 5.56 Å². The summed E-state index contributed by atoms with van der Waals surface area (Å²) in [6.07, 6.45) is 2.67. The number of hydrogen-bond acceptors (Lipinski definition) is 3. The summed E-state index contributed by atoms with van der Waals surface area (Å²) in [5, 5.41) is 6.12. The van der Waals surface area contributed by atoms with E-state index in [1.54, 1.807) is 6.20 Å². The quantitative estimate of drug-likeness (QED) is 0.915. The summed E-state index contributed by atoms with van der Waals surface area (Å²) in [7, 11) is 0. The summed E-state index contributed by atoms with van der Waals surface area (Å²) in [6, 6.07) is 8.81. The van der Waals surface area contributed by atoms with Gasteiger partial charge >= 0.3 is 0 Å². The van der Waals surface area contributed by atoms with Gasteiger partial charge in [-0.25, -0.2) is 5.10 Å². The van der Waals surface area contributed by atoms with E-state index >= 15 is 0 Å². The number of H-pyrrole nitrogens is 1. The summed E-state index contributed by atoms with van der Waals surface area (Å²) < 4.78 is 0. The van der Waals surface area contributed by atoms with E-state index in [2.05, 4.69) is 17.1 Å². The van der Waals surface area contributed by atoms with E-state index in [1.807, 2.05) is 29.2 Å². The molecule has 0 bridgehead atoms. The van der Waals surface area contributed by atoms with Crippen molar-refractivity contribution in [1.82, 2.24) is 15.1 Å². The highest BCUT2D eigenvalue weighted by Gasteiger charge is 2.23. The molecule has 2 heterocycles. The molecule has 0 radical (unpaired) electrons. The molecule has 1 amide bonds. The zero-order valence-electron chi connectivity index (χ0n) is 11.9. The Balaban J connectivity index is 1.81. The van der Waals surface area contributed by atoms with Gasteiger partial charge in [-0.2, -0.15) is 5.10 Å². The molecule has 2 aromatic rings. The Morgan fingerprint density at radius 2 is 2.05 bits per heavy atom. The number of rotatable bonds is 2. The monoisotopic (exact) mass is 283 g/mol. The highest BCUT2D eigenvalue weighted by atomic mass is 16.2. The summed E-state index contributed by atoms with van der Waals surface area (Å²) in [5.41, 5.74) is 2.07. The van der Waals surface area contributed by atoms with Crippen molar-refractivity contribution >= 4 is 5.91 Å². The molecule has 0 saturated carbocycles. The van der Waals surface area contributed by atoms with Crippen molar-refractivity contribution in [1.29, 1.82) is 0 Å². The van der Waals surface area contributed by atoms with Gasteiger partial charge in [0.15, 0.2) is 0 Å². The van der Waals surface area contributed by atoms with Gasteiger partial charge in [0, 0.05) is 30.3 Å². The van der Waals surface area contributed by atoms with Gasteiger partial charge in [0.25, 0.3) is 11.5 Å². The van der Waals surface area contributed by atoms with Crippen LogP contribution in [-0.2, 0) is 0 Å². The molecule has 1 unspecified atom stereocenters. The van der Waals surface area contributed by atoms with Crippen molar-refractivity contribution in [2.45, 2.75) is 13.3 Å². The average Bonchev–Trinajstić information content (AvgIpc) is 2.93. The standard InChI is InChI=1S/C16H17N3O2/c1-11-6-7-19(10-11)16(21)13-4-2-12(3-5-13)14-8-15(20)18-17-9-14/h2-5,8-9,11H,6-7,10H2,1H3,(H,18,20). The van der Waals surface area contributed by atoms with Gasteiger partial charge in [0.1, 0.15) is 0 Å². The predicted molar refractivity (Wildman–Crippen MR) is 80.0 cm³/mol. The second kappa shape index (κ2) is 5.52. The molecule has 21 heavy (non-hydrogen) atoms. The fourth-order valence-electron chi connectivity index (χ4n) is 2.64. The van der Waals surface area contributed by atoms with Gasteiger partial charge in [0.2, 0.25) is 0 Å². The molecule has 1 aliphatic heterocycles. The number of nitrogens with one attached hydrogen (secondary N) is 1. The maximum Gasteiger partial charge on any atom is 0.264 e. The van der Waals surface area contributed by atoms with Crippen LogP contribution in [0.25, 0.3) is 11.1 Å². The van der Waals surface area contributed by atoms with Gasteiger partial charge in [0.05, 0.1) is 6.20 Å². The van der Waals surface area contributed by atoms with Crippen molar-refractivity contribution in [2.24, 2.45) is 5.92 Å². The van der Waals surface area contributed by atoms with Crippen molar-refractivity contribution in [3.63, 3.8) is 0 Å². The molecule has 5 heteroatoms. The molecule has 0 aliphatic carbocycles. The second-order valence-electron chi connectivity index (χ2n) is 5.56. The first-order chi connectivity index (χ1) is 10.1. The number of aromatic amines is 1. The van der Waals surface area contributed by atoms with E-state index in [4.69, 9.17) is 0 Å². The molecule has 1 saturated heterocycles. The first kappa shape index (κ1) is 13.5. The third-order valence-corrected chi connectivity index (χ3v) is 3.84. The van der Waals surface area contributed by atoms with E-state index in [0.29, 0.717) is 11.5 Å². The molecule has 5 nitrogen and oxygen atoms in total. The van der Waals surface area contributed by atoms with E-state index in [9.17, 15) is 9.59 Å². The van der Waals surface area contributed by atoms with Crippen LogP contribution in [0.5, 0.6) is 0 Å². The van der Waals surface area contributed by atoms with Crippen LogP contribution in [-0.4, -0.2) is 34.1 Å². The fourth-order valence-corrected chi connectivity index (χ4v) is 2.64. The molecule has 1 aliphatic rings. The molecule has 3 rings (SSSR count). The lowest BCUT2D eigenvalue weighted by Gasteiger charge is -2.16. The van der Waals surface area contributed by atoms with Crippen LogP contribution in [0.2, 0.25) is 0 Å². The third-order valence-electron chi connectivity index (χ3n) is 3.84. The normalized spacial score (nSPS) is 18.0. The first-order valence-corrected chi connectivity index (χ1v) is 7.08.